The highest BCUT2D eigenvalue weighted by Crippen LogP contribution is 2.16. The number of carbonyl (C=O) groups excluding carboxylic acids is 1. The molecular formula is C11H19NO4. The van der Waals surface area contributed by atoms with Gasteiger partial charge >= 0.3 is 6.09 Å². The molecule has 0 aromatic heterocycles. The number of nitrogens with zero attached hydrogens (tertiary/aromatic N) is 1. The third-order valence-electron chi connectivity index (χ3n) is 2.24. The van der Waals surface area contributed by atoms with Gasteiger partial charge in [0.05, 0.1) is 18.8 Å². The van der Waals surface area contributed by atoms with Crippen molar-refractivity contribution in [3.8, 4) is 0 Å². The minimum atomic E-state index is -0.841. The molecule has 1 heterocycles. The van der Waals surface area contributed by atoms with Crippen molar-refractivity contribution in [1.82, 2.24) is 4.90 Å². The first-order valence-corrected chi connectivity index (χ1v) is 5.30. The molecule has 0 bridgehead atoms. The number of aliphatic hydroxyl groups excluding tert-OH is 2. The van der Waals surface area contributed by atoms with Crippen molar-refractivity contribution in [2.45, 2.75) is 38.5 Å². The first-order chi connectivity index (χ1) is 7.35. The van der Waals surface area contributed by atoms with Crippen molar-refractivity contribution in [2.75, 3.05) is 13.2 Å². The average molecular weight is 229 g/mol. The van der Waals surface area contributed by atoms with Crippen LogP contribution in [0, 0.1) is 0 Å². The SMILES string of the molecule is CC(C)(C)OC(=O)N1CC=CC(O)C1CO. The number of carbonyl (C=O) groups is 1. The maximum Gasteiger partial charge on any atom is 0.411 e. The topological polar surface area (TPSA) is 70.0 Å². The maximum atomic E-state index is 11.8. The lowest BCUT2D eigenvalue weighted by molar-refractivity contribution is -0.00988. The van der Waals surface area contributed by atoms with Gasteiger partial charge in [-0.05, 0) is 20.8 Å². The van der Waals surface area contributed by atoms with Crippen LogP contribution in [-0.4, -0.2) is 52.1 Å². The molecule has 0 aromatic rings. The van der Waals surface area contributed by atoms with Crippen molar-refractivity contribution < 1.29 is 19.7 Å². The summed E-state index contributed by atoms with van der Waals surface area (Å²) in [5, 5.41) is 18.7. The molecule has 16 heavy (non-hydrogen) atoms. The van der Waals surface area contributed by atoms with Gasteiger partial charge in [-0.25, -0.2) is 4.79 Å². The molecule has 1 rings (SSSR count). The second-order valence-electron chi connectivity index (χ2n) is 4.80. The van der Waals surface area contributed by atoms with Crippen LogP contribution in [0.15, 0.2) is 12.2 Å². The predicted molar refractivity (Wildman–Crippen MR) is 59.0 cm³/mol. The van der Waals surface area contributed by atoms with Crippen LogP contribution in [0.5, 0.6) is 0 Å². The summed E-state index contributed by atoms with van der Waals surface area (Å²) in [6.45, 7) is 5.38. The third kappa shape index (κ3) is 3.21. The Bertz CT molecular complexity index is 282. The van der Waals surface area contributed by atoms with Gasteiger partial charge in [0.15, 0.2) is 0 Å². The smallest absolute Gasteiger partial charge is 0.411 e. The van der Waals surface area contributed by atoms with E-state index in [0.717, 1.165) is 0 Å². The van der Waals surface area contributed by atoms with Crippen LogP contribution in [0.2, 0.25) is 0 Å². The van der Waals surface area contributed by atoms with Crippen molar-refractivity contribution >= 4 is 6.09 Å². The molecule has 2 unspecified atom stereocenters. The molecule has 5 heteroatoms. The van der Waals surface area contributed by atoms with E-state index in [1.54, 1.807) is 32.9 Å². The van der Waals surface area contributed by atoms with Gasteiger partial charge in [0.25, 0.3) is 0 Å². The lowest BCUT2D eigenvalue weighted by Crippen LogP contribution is -2.52. The summed E-state index contributed by atoms with van der Waals surface area (Å²) >= 11 is 0. The van der Waals surface area contributed by atoms with Crippen LogP contribution in [0.3, 0.4) is 0 Å². The van der Waals surface area contributed by atoms with E-state index in [4.69, 9.17) is 9.84 Å². The number of hydrogen-bond acceptors (Lipinski definition) is 4. The Morgan fingerprint density at radius 2 is 2.19 bits per heavy atom. The van der Waals surface area contributed by atoms with Gasteiger partial charge in [-0.2, -0.15) is 0 Å². The second-order valence-corrected chi connectivity index (χ2v) is 4.80. The van der Waals surface area contributed by atoms with Crippen LogP contribution in [0.25, 0.3) is 0 Å². The van der Waals surface area contributed by atoms with Crippen LogP contribution in [-0.2, 0) is 4.74 Å². The van der Waals surface area contributed by atoms with Crippen LogP contribution >= 0.6 is 0 Å². The van der Waals surface area contributed by atoms with Crippen molar-refractivity contribution in [3.05, 3.63) is 12.2 Å². The Morgan fingerprint density at radius 1 is 1.56 bits per heavy atom. The lowest BCUT2D eigenvalue weighted by Gasteiger charge is -2.35. The first-order valence-electron chi connectivity index (χ1n) is 5.30. The summed E-state index contributed by atoms with van der Waals surface area (Å²) in [6.07, 6.45) is 1.89. The van der Waals surface area contributed by atoms with E-state index in [1.807, 2.05) is 0 Å². The standard InChI is InChI=1S/C11H19NO4/c1-11(2,3)16-10(15)12-6-4-5-9(14)8(12)7-13/h4-5,8-9,13-14H,6-7H2,1-3H3. The zero-order valence-corrected chi connectivity index (χ0v) is 9.88. The van der Waals surface area contributed by atoms with Gasteiger partial charge in [0, 0.05) is 6.54 Å². The predicted octanol–water partition coefficient (Wildman–Crippen LogP) is 0.515. The van der Waals surface area contributed by atoms with Crippen molar-refractivity contribution in [2.24, 2.45) is 0 Å². The normalized spacial score (nSPS) is 25.7. The van der Waals surface area contributed by atoms with Gasteiger partial charge in [0.2, 0.25) is 0 Å². The van der Waals surface area contributed by atoms with Crippen molar-refractivity contribution in [3.63, 3.8) is 0 Å². The number of hydrogen-bond donors (Lipinski definition) is 2. The van der Waals surface area contributed by atoms with E-state index in [2.05, 4.69) is 0 Å². The molecule has 0 spiro atoms. The molecule has 1 aliphatic rings. The summed E-state index contributed by atoms with van der Waals surface area (Å²) < 4.78 is 5.19. The number of ether oxygens (including phenoxy) is 1. The Morgan fingerprint density at radius 3 is 2.69 bits per heavy atom. The largest absolute Gasteiger partial charge is 0.444 e. The monoisotopic (exact) mass is 229 g/mol. The Labute approximate surface area is 95.3 Å². The maximum absolute atomic E-state index is 11.8. The summed E-state index contributed by atoms with van der Waals surface area (Å²) in [7, 11) is 0. The summed E-state index contributed by atoms with van der Waals surface area (Å²) in [6, 6.07) is -0.625. The molecule has 2 atom stereocenters. The van der Waals surface area contributed by atoms with E-state index >= 15 is 0 Å². The minimum absolute atomic E-state index is 0.287. The van der Waals surface area contributed by atoms with Crippen molar-refractivity contribution in [1.29, 1.82) is 0 Å². The van der Waals surface area contributed by atoms with E-state index in [1.165, 1.54) is 4.90 Å². The molecule has 0 saturated heterocycles. The summed E-state index contributed by atoms with van der Waals surface area (Å²) in [5.41, 5.74) is -0.580. The van der Waals surface area contributed by atoms with Gasteiger partial charge in [-0.15, -0.1) is 0 Å². The molecule has 0 radical (unpaired) electrons. The highest BCUT2D eigenvalue weighted by Gasteiger charge is 2.32. The van der Waals surface area contributed by atoms with E-state index in [0.29, 0.717) is 6.54 Å². The highest BCUT2D eigenvalue weighted by molar-refractivity contribution is 5.69. The quantitative estimate of drug-likeness (QED) is 0.643. The van der Waals surface area contributed by atoms with Gasteiger partial charge in [0.1, 0.15) is 5.60 Å². The molecule has 92 valence electrons. The molecule has 0 fully saturated rings. The molecule has 5 nitrogen and oxygen atoms in total. The zero-order chi connectivity index (χ0) is 12.3. The van der Waals surface area contributed by atoms with Gasteiger partial charge in [-0.3, -0.25) is 4.90 Å². The molecule has 0 saturated carbocycles. The van der Waals surface area contributed by atoms with E-state index in [-0.39, 0.29) is 6.61 Å². The molecule has 1 amide bonds. The van der Waals surface area contributed by atoms with Crippen LogP contribution < -0.4 is 0 Å². The fraction of sp³-hybridized carbons (Fsp3) is 0.727. The number of aliphatic hydroxyl groups is 2. The average Bonchev–Trinajstić information content (AvgIpc) is 2.14. The first kappa shape index (κ1) is 13.0. The van der Waals surface area contributed by atoms with E-state index in [9.17, 15) is 9.90 Å². The molecule has 1 aliphatic heterocycles. The third-order valence-corrected chi connectivity index (χ3v) is 2.24. The number of rotatable bonds is 1. The van der Waals surface area contributed by atoms with Gasteiger partial charge in [-0.1, -0.05) is 12.2 Å². The lowest BCUT2D eigenvalue weighted by atomic mass is 10.1. The van der Waals surface area contributed by atoms with Crippen LogP contribution in [0.4, 0.5) is 4.79 Å². The van der Waals surface area contributed by atoms with Gasteiger partial charge < -0.3 is 14.9 Å². The highest BCUT2D eigenvalue weighted by atomic mass is 16.6. The zero-order valence-electron chi connectivity index (χ0n) is 9.88. The molecular weight excluding hydrogens is 210 g/mol. The summed E-state index contributed by atoms with van der Waals surface area (Å²) in [5.74, 6) is 0. The van der Waals surface area contributed by atoms with E-state index < -0.39 is 23.8 Å². The molecule has 0 aromatic carbocycles. The second kappa shape index (κ2) is 4.84. The molecule has 0 aliphatic carbocycles. The Balaban J connectivity index is 2.71. The van der Waals surface area contributed by atoms with Crippen LogP contribution in [0.1, 0.15) is 20.8 Å². The molecule has 2 N–H and O–H groups in total. The minimum Gasteiger partial charge on any atom is -0.444 e. The fourth-order valence-electron chi connectivity index (χ4n) is 1.50. The Kier molecular flexibility index (Phi) is 3.93. The fourth-order valence-corrected chi connectivity index (χ4v) is 1.50. The number of amides is 1. The summed E-state index contributed by atoms with van der Waals surface area (Å²) in [4.78, 5) is 13.1. The Hall–Kier alpha value is -1.07.